The molecule has 1 aromatic carbocycles. The first-order valence-electron chi connectivity index (χ1n) is 10.5. The van der Waals surface area contributed by atoms with Gasteiger partial charge < -0.3 is 4.90 Å². The third-order valence-electron chi connectivity index (χ3n) is 5.63. The summed E-state index contributed by atoms with van der Waals surface area (Å²) >= 11 is 12.4. The predicted octanol–water partition coefficient (Wildman–Crippen LogP) is 5.20. The fourth-order valence-electron chi connectivity index (χ4n) is 4.33. The molecule has 1 aliphatic heterocycles. The van der Waals surface area contributed by atoms with Crippen molar-refractivity contribution < 1.29 is 0 Å². The van der Waals surface area contributed by atoms with Crippen molar-refractivity contribution in [1.29, 1.82) is 0 Å². The van der Waals surface area contributed by atoms with Gasteiger partial charge in [-0.1, -0.05) is 30.1 Å². The lowest BCUT2D eigenvalue weighted by atomic mass is 10.1. The molecule has 0 aliphatic carbocycles. The minimum Gasteiger partial charge on any atom is -0.342 e. The molecule has 5 rings (SSSR count). The second kappa shape index (κ2) is 7.86. The number of nitrogens with zero attached hydrogens (tertiary/aromatic N) is 8. The van der Waals surface area contributed by atoms with Crippen LogP contribution in [0.5, 0.6) is 0 Å². The van der Waals surface area contributed by atoms with Gasteiger partial charge in [0.1, 0.15) is 17.3 Å². The Morgan fingerprint density at radius 1 is 1.06 bits per heavy atom. The van der Waals surface area contributed by atoms with E-state index in [4.69, 9.17) is 28.2 Å². The minimum absolute atomic E-state index is 0.0699. The number of fused-ring (bicyclic) bond motifs is 3. The van der Waals surface area contributed by atoms with E-state index >= 15 is 0 Å². The highest BCUT2D eigenvalue weighted by Gasteiger charge is 2.36. The van der Waals surface area contributed by atoms with Crippen LogP contribution in [-0.4, -0.2) is 40.3 Å². The normalized spacial score (nSPS) is 15.2. The zero-order valence-electron chi connectivity index (χ0n) is 18.2. The van der Waals surface area contributed by atoms with Gasteiger partial charge >= 0.3 is 0 Å². The number of hydrogen-bond acceptors (Lipinski definition) is 6. The molecule has 32 heavy (non-hydrogen) atoms. The molecule has 0 radical (unpaired) electrons. The first-order chi connectivity index (χ1) is 15.4. The lowest BCUT2D eigenvalue weighted by molar-refractivity contribution is 0.496. The van der Waals surface area contributed by atoms with E-state index in [1.54, 1.807) is 12.3 Å². The number of benzene rings is 1. The maximum absolute atomic E-state index is 6.22. The molecule has 1 aliphatic rings. The van der Waals surface area contributed by atoms with E-state index in [0.29, 0.717) is 21.8 Å². The van der Waals surface area contributed by atoms with Crippen molar-refractivity contribution >= 4 is 29.0 Å². The molecule has 10 heteroatoms. The number of aryl methyl sites for hydroxylation is 1. The Bertz CT molecular complexity index is 1290. The van der Waals surface area contributed by atoms with Crippen LogP contribution in [0.2, 0.25) is 10.0 Å². The SMILES string of the molecule is CCC1c2nnc(C)n2-c2cnc(-n3ccnc3-c3cc(Cl)cc(Cl)c3)nc2N1C(C)C. The summed E-state index contributed by atoms with van der Waals surface area (Å²) in [7, 11) is 0. The Labute approximate surface area is 195 Å². The summed E-state index contributed by atoms with van der Waals surface area (Å²) in [5.41, 5.74) is 1.66. The van der Waals surface area contributed by atoms with Gasteiger partial charge in [-0.3, -0.25) is 9.13 Å². The Morgan fingerprint density at radius 3 is 2.50 bits per heavy atom. The van der Waals surface area contributed by atoms with E-state index in [1.807, 2.05) is 36.0 Å². The van der Waals surface area contributed by atoms with E-state index in [9.17, 15) is 0 Å². The van der Waals surface area contributed by atoms with Gasteiger partial charge in [0.15, 0.2) is 11.6 Å². The predicted molar refractivity (Wildman–Crippen MR) is 125 cm³/mol. The van der Waals surface area contributed by atoms with Crippen molar-refractivity contribution in [1.82, 2.24) is 34.3 Å². The van der Waals surface area contributed by atoms with Crippen molar-refractivity contribution in [2.24, 2.45) is 0 Å². The monoisotopic (exact) mass is 468 g/mol. The molecule has 0 saturated heterocycles. The van der Waals surface area contributed by atoms with Crippen LogP contribution in [-0.2, 0) is 0 Å². The van der Waals surface area contributed by atoms with Gasteiger partial charge in [-0.05, 0) is 45.4 Å². The highest BCUT2D eigenvalue weighted by Crippen LogP contribution is 2.40. The number of imidazole rings is 1. The van der Waals surface area contributed by atoms with Crippen molar-refractivity contribution in [3.8, 4) is 23.0 Å². The van der Waals surface area contributed by atoms with Gasteiger partial charge in [0.2, 0.25) is 5.95 Å². The first kappa shape index (κ1) is 20.9. The zero-order valence-corrected chi connectivity index (χ0v) is 19.7. The summed E-state index contributed by atoms with van der Waals surface area (Å²) < 4.78 is 3.90. The highest BCUT2D eigenvalue weighted by molar-refractivity contribution is 6.35. The third-order valence-corrected chi connectivity index (χ3v) is 6.06. The smallest absolute Gasteiger partial charge is 0.237 e. The third kappa shape index (κ3) is 3.25. The van der Waals surface area contributed by atoms with E-state index in [-0.39, 0.29) is 12.1 Å². The molecular weight excluding hydrogens is 447 g/mol. The van der Waals surface area contributed by atoms with Gasteiger partial charge in [-0.15, -0.1) is 10.2 Å². The fraction of sp³-hybridized carbons (Fsp3) is 0.318. The van der Waals surface area contributed by atoms with Gasteiger partial charge in [-0.25, -0.2) is 9.97 Å². The second-order valence-corrected chi connectivity index (χ2v) is 8.90. The van der Waals surface area contributed by atoms with Crippen LogP contribution in [0.15, 0.2) is 36.8 Å². The van der Waals surface area contributed by atoms with Crippen LogP contribution in [0.3, 0.4) is 0 Å². The van der Waals surface area contributed by atoms with Gasteiger partial charge in [0.05, 0.1) is 12.2 Å². The van der Waals surface area contributed by atoms with Gasteiger partial charge in [0.25, 0.3) is 0 Å². The molecule has 4 aromatic rings. The molecule has 0 fully saturated rings. The Balaban J connectivity index is 1.69. The van der Waals surface area contributed by atoms with Gasteiger partial charge in [0, 0.05) is 34.0 Å². The van der Waals surface area contributed by atoms with Gasteiger partial charge in [-0.2, -0.15) is 4.98 Å². The number of halogens is 2. The molecule has 0 amide bonds. The average molecular weight is 469 g/mol. The van der Waals surface area contributed by atoms with E-state index in [0.717, 1.165) is 35.1 Å². The van der Waals surface area contributed by atoms with Crippen LogP contribution < -0.4 is 4.90 Å². The molecule has 0 saturated carbocycles. The molecular formula is C22H22Cl2N8. The first-order valence-corrected chi connectivity index (χ1v) is 11.2. The Kier molecular flexibility index (Phi) is 5.14. The topological polar surface area (TPSA) is 77.5 Å². The second-order valence-electron chi connectivity index (χ2n) is 8.02. The zero-order chi connectivity index (χ0) is 22.6. The number of hydrogen-bond donors (Lipinski definition) is 0. The molecule has 0 spiro atoms. The van der Waals surface area contributed by atoms with Crippen molar-refractivity contribution in [2.45, 2.75) is 46.2 Å². The molecule has 3 aromatic heterocycles. The van der Waals surface area contributed by atoms with Crippen LogP contribution >= 0.6 is 23.2 Å². The van der Waals surface area contributed by atoms with Crippen LogP contribution in [0.4, 0.5) is 5.82 Å². The van der Waals surface area contributed by atoms with E-state index < -0.39 is 0 Å². The standard InChI is InChI=1S/C22H22Cl2N8/c1-5-17-21-29-28-13(4)32(21)18-11-26-22(27-20(18)31(17)12(2)3)30-7-6-25-19(30)14-8-15(23)10-16(24)9-14/h6-12,17H,5H2,1-4H3. The van der Waals surface area contributed by atoms with E-state index in [2.05, 4.69) is 50.4 Å². The molecule has 1 unspecified atom stereocenters. The number of aromatic nitrogens is 7. The molecule has 1 atom stereocenters. The lowest BCUT2D eigenvalue weighted by Crippen LogP contribution is -2.40. The molecule has 4 heterocycles. The maximum Gasteiger partial charge on any atom is 0.237 e. The van der Waals surface area contributed by atoms with E-state index in [1.165, 1.54) is 0 Å². The average Bonchev–Trinajstić information content (AvgIpc) is 3.39. The Hall–Kier alpha value is -2.97. The largest absolute Gasteiger partial charge is 0.342 e. The number of anilines is 1. The summed E-state index contributed by atoms with van der Waals surface area (Å²) in [5, 5.41) is 9.87. The lowest BCUT2D eigenvalue weighted by Gasteiger charge is -2.39. The maximum atomic E-state index is 6.22. The summed E-state index contributed by atoms with van der Waals surface area (Å²) in [6.45, 7) is 8.41. The summed E-state index contributed by atoms with van der Waals surface area (Å²) in [5.74, 6) is 3.75. The molecule has 164 valence electrons. The van der Waals surface area contributed by atoms with Crippen LogP contribution in [0.1, 0.15) is 44.9 Å². The Morgan fingerprint density at radius 2 is 1.81 bits per heavy atom. The number of rotatable bonds is 4. The molecule has 0 N–H and O–H groups in total. The summed E-state index contributed by atoms with van der Waals surface area (Å²) in [6, 6.07) is 5.62. The quantitative estimate of drug-likeness (QED) is 0.409. The van der Waals surface area contributed by atoms with Crippen LogP contribution in [0.25, 0.3) is 23.0 Å². The summed E-state index contributed by atoms with van der Waals surface area (Å²) in [6.07, 6.45) is 6.26. The summed E-state index contributed by atoms with van der Waals surface area (Å²) in [4.78, 5) is 16.5. The van der Waals surface area contributed by atoms with Crippen LogP contribution in [0, 0.1) is 6.92 Å². The molecule has 8 nitrogen and oxygen atoms in total. The van der Waals surface area contributed by atoms with Crippen molar-refractivity contribution in [3.05, 3.63) is 58.5 Å². The minimum atomic E-state index is 0.0699. The highest BCUT2D eigenvalue weighted by atomic mass is 35.5. The van der Waals surface area contributed by atoms with Crippen molar-refractivity contribution in [3.63, 3.8) is 0 Å². The van der Waals surface area contributed by atoms with Crippen molar-refractivity contribution in [2.75, 3.05) is 4.90 Å². The molecule has 0 bridgehead atoms. The fourth-order valence-corrected chi connectivity index (χ4v) is 4.86.